The molecule has 0 aromatic heterocycles. The number of hydrogen-bond donors (Lipinski definition) is 0. The van der Waals surface area contributed by atoms with Gasteiger partial charge in [-0.2, -0.15) is 0 Å². The zero-order valence-corrected chi connectivity index (χ0v) is 4.77. The van der Waals surface area contributed by atoms with E-state index in [0.717, 1.165) is 18.0 Å². The van der Waals surface area contributed by atoms with Gasteiger partial charge in [0.15, 0.2) is 0 Å². The Balaban J connectivity index is 2.68. The summed E-state index contributed by atoms with van der Waals surface area (Å²) in [6.07, 6.45) is 1.05. The molecule has 1 aliphatic heterocycles. The number of thioether (sulfide) groups is 1. The average Bonchev–Trinajstić information content (AvgIpc) is 1.77. The maximum Gasteiger partial charge on any atom is 0.256 e. The summed E-state index contributed by atoms with van der Waals surface area (Å²) in [4.78, 5) is 23.8. The molecule has 0 fully saturated rings. The van der Waals surface area contributed by atoms with Crippen LogP contribution in [-0.2, 0) is 9.59 Å². The van der Waals surface area contributed by atoms with Crippen molar-refractivity contribution in [2.24, 2.45) is 4.99 Å². The zero-order valence-electron chi connectivity index (χ0n) is 3.96. The summed E-state index contributed by atoms with van der Waals surface area (Å²) in [7, 11) is 0. The van der Waals surface area contributed by atoms with E-state index in [9.17, 15) is 9.59 Å². The molecule has 4 heteroatoms. The maximum atomic E-state index is 10.3. The van der Waals surface area contributed by atoms with E-state index in [-0.39, 0.29) is 16.8 Å². The minimum absolute atomic E-state index is 0.135. The van der Waals surface area contributed by atoms with E-state index in [2.05, 4.69) is 4.99 Å². The van der Waals surface area contributed by atoms with Gasteiger partial charge >= 0.3 is 0 Å². The topological polar surface area (TPSA) is 46.5 Å². The summed E-state index contributed by atoms with van der Waals surface area (Å²) < 4.78 is 0. The molecule has 0 unspecified atom stereocenters. The molecule has 1 amide bonds. The average molecular weight is 129 g/mol. The van der Waals surface area contributed by atoms with Gasteiger partial charge in [-0.15, -0.1) is 0 Å². The van der Waals surface area contributed by atoms with Crippen molar-refractivity contribution in [3.8, 4) is 0 Å². The lowest BCUT2D eigenvalue weighted by Crippen LogP contribution is -2.09. The second kappa shape index (κ2) is 2.09. The molecule has 8 heavy (non-hydrogen) atoms. The second-order valence-corrected chi connectivity index (χ2v) is 2.24. The number of rotatable bonds is 0. The van der Waals surface area contributed by atoms with Crippen molar-refractivity contribution < 1.29 is 9.59 Å². The van der Waals surface area contributed by atoms with E-state index in [4.69, 9.17) is 0 Å². The van der Waals surface area contributed by atoms with Crippen LogP contribution >= 0.6 is 11.8 Å². The third kappa shape index (κ3) is 1.16. The van der Waals surface area contributed by atoms with Crippen LogP contribution in [0.5, 0.6) is 0 Å². The second-order valence-electron chi connectivity index (χ2n) is 1.26. The van der Waals surface area contributed by atoms with Crippen LogP contribution in [0.15, 0.2) is 4.99 Å². The minimum Gasteiger partial charge on any atom is -0.280 e. The highest BCUT2D eigenvalue weighted by molar-refractivity contribution is 8.15. The van der Waals surface area contributed by atoms with Gasteiger partial charge in [0.05, 0.1) is 12.0 Å². The molecule has 0 saturated heterocycles. The van der Waals surface area contributed by atoms with Crippen LogP contribution in [-0.4, -0.2) is 23.0 Å². The van der Waals surface area contributed by atoms with Gasteiger partial charge in [-0.25, -0.2) is 4.99 Å². The molecule has 0 aromatic carbocycles. The Morgan fingerprint density at radius 1 is 1.62 bits per heavy atom. The number of aliphatic imine (C=N–C) groups is 1. The summed E-state index contributed by atoms with van der Waals surface area (Å²) >= 11 is 0.988. The molecule has 0 atom stereocenters. The monoisotopic (exact) mass is 129 g/mol. The van der Waals surface area contributed by atoms with Gasteiger partial charge in [0, 0.05) is 0 Å². The first kappa shape index (κ1) is 5.50. The lowest BCUT2D eigenvalue weighted by atomic mass is 10.7. The third-order valence-electron chi connectivity index (χ3n) is 0.652. The Hall–Kier alpha value is -0.640. The van der Waals surface area contributed by atoms with Crippen molar-refractivity contribution in [1.29, 1.82) is 0 Å². The molecule has 42 valence electrons. The normalized spacial score (nSPS) is 19.5. The third-order valence-corrected chi connectivity index (χ3v) is 1.43. The van der Waals surface area contributed by atoms with Gasteiger partial charge in [0.1, 0.15) is 0 Å². The molecule has 0 spiro atoms. The fourth-order valence-electron chi connectivity index (χ4n) is 0.332. The summed E-state index contributed by atoms with van der Waals surface area (Å²) in [6.45, 7) is 0. The molecule has 1 rings (SSSR count). The Kier molecular flexibility index (Phi) is 1.43. The van der Waals surface area contributed by atoms with Crippen LogP contribution in [0.1, 0.15) is 0 Å². The van der Waals surface area contributed by atoms with E-state index in [1.807, 2.05) is 0 Å². The Morgan fingerprint density at radius 2 is 2.38 bits per heavy atom. The largest absolute Gasteiger partial charge is 0.280 e. The lowest BCUT2D eigenvalue weighted by molar-refractivity contribution is -0.116. The Bertz CT molecular complexity index is 145. The van der Waals surface area contributed by atoms with Crippen molar-refractivity contribution >= 4 is 29.0 Å². The van der Waals surface area contributed by atoms with Crippen molar-refractivity contribution in [3.05, 3.63) is 0 Å². The molecule has 3 nitrogen and oxygen atoms in total. The number of nitrogens with zero attached hydrogens (tertiary/aromatic N) is 1. The highest BCUT2D eigenvalue weighted by Crippen LogP contribution is 2.04. The predicted molar refractivity (Wildman–Crippen MR) is 31.0 cm³/mol. The van der Waals surface area contributed by atoms with Gasteiger partial charge < -0.3 is 0 Å². The first-order chi connectivity index (χ1) is 3.79. The SMILES string of the molecule is O=C1CSC(=O)C=N1. The van der Waals surface area contributed by atoms with Gasteiger partial charge in [-0.3, -0.25) is 9.59 Å². The highest BCUT2D eigenvalue weighted by atomic mass is 32.2. The molecular weight excluding hydrogens is 126 g/mol. The zero-order chi connectivity index (χ0) is 5.98. The Labute approximate surface area is 50.2 Å². The van der Waals surface area contributed by atoms with E-state index in [1.54, 1.807) is 0 Å². The molecule has 1 heterocycles. The molecule has 0 radical (unpaired) electrons. The molecule has 0 aliphatic carbocycles. The fourth-order valence-corrected chi connectivity index (χ4v) is 0.800. The smallest absolute Gasteiger partial charge is 0.256 e. The molecule has 0 N–H and O–H groups in total. The maximum absolute atomic E-state index is 10.3. The summed E-state index contributed by atoms with van der Waals surface area (Å²) in [6, 6.07) is 0. The van der Waals surface area contributed by atoms with Crippen LogP contribution in [0.2, 0.25) is 0 Å². The van der Waals surface area contributed by atoms with Crippen molar-refractivity contribution in [2.45, 2.75) is 0 Å². The quantitative estimate of drug-likeness (QED) is 0.457. The molecule has 0 saturated carbocycles. The van der Waals surface area contributed by atoms with Gasteiger partial charge in [0.2, 0.25) is 5.12 Å². The van der Waals surface area contributed by atoms with E-state index in [0.29, 0.717) is 0 Å². The van der Waals surface area contributed by atoms with Gasteiger partial charge in [-0.1, -0.05) is 11.8 Å². The lowest BCUT2D eigenvalue weighted by Gasteiger charge is -1.95. The van der Waals surface area contributed by atoms with Crippen LogP contribution in [0.3, 0.4) is 0 Å². The highest BCUT2D eigenvalue weighted by Gasteiger charge is 2.09. The van der Waals surface area contributed by atoms with Crippen molar-refractivity contribution in [2.75, 3.05) is 5.75 Å². The summed E-state index contributed by atoms with van der Waals surface area (Å²) in [5.41, 5.74) is 0. The first-order valence-corrected chi connectivity index (χ1v) is 3.01. The number of hydrogen-bond acceptors (Lipinski definition) is 3. The van der Waals surface area contributed by atoms with Crippen LogP contribution < -0.4 is 0 Å². The Morgan fingerprint density at radius 3 is 2.75 bits per heavy atom. The number of carbonyl (C=O) groups excluding carboxylic acids is 2. The van der Waals surface area contributed by atoms with Crippen LogP contribution in [0, 0.1) is 0 Å². The van der Waals surface area contributed by atoms with E-state index < -0.39 is 0 Å². The summed E-state index contributed by atoms with van der Waals surface area (Å²) in [5.74, 6) is -0.0235. The first-order valence-electron chi connectivity index (χ1n) is 2.03. The van der Waals surface area contributed by atoms with Gasteiger partial charge in [-0.05, 0) is 0 Å². The molecule has 0 aromatic rings. The number of amides is 1. The van der Waals surface area contributed by atoms with Gasteiger partial charge in [0.25, 0.3) is 5.91 Å². The van der Waals surface area contributed by atoms with Crippen LogP contribution in [0.4, 0.5) is 0 Å². The van der Waals surface area contributed by atoms with Crippen molar-refractivity contribution in [3.63, 3.8) is 0 Å². The van der Waals surface area contributed by atoms with Crippen LogP contribution in [0.25, 0.3) is 0 Å². The number of carbonyl (C=O) groups is 2. The molecule has 0 bridgehead atoms. The van der Waals surface area contributed by atoms with Crippen molar-refractivity contribution in [1.82, 2.24) is 0 Å². The molecular formula is C4H3NO2S. The fraction of sp³-hybridized carbons (Fsp3) is 0.250. The van der Waals surface area contributed by atoms with E-state index in [1.165, 1.54) is 0 Å². The van der Waals surface area contributed by atoms with E-state index >= 15 is 0 Å². The molecule has 1 aliphatic rings. The minimum atomic E-state index is -0.227. The predicted octanol–water partition coefficient (Wildman–Crippen LogP) is -0.143. The summed E-state index contributed by atoms with van der Waals surface area (Å²) in [5, 5.41) is -0.135. The standard InChI is InChI=1S/C4H3NO2S/c6-3-2-8-4(7)1-5-3/h1H,2H2.